The average Bonchev–Trinajstić information content (AvgIpc) is 3.53. The fourth-order valence-corrected chi connectivity index (χ4v) is 8.07. The van der Waals surface area contributed by atoms with Crippen LogP contribution in [0, 0.1) is 5.92 Å². The molecule has 0 spiro atoms. The maximum absolute atomic E-state index is 6.58. The van der Waals surface area contributed by atoms with Gasteiger partial charge in [-0.25, -0.2) is 0 Å². The predicted molar refractivity (Wildman–Crippen MR) is 205 cm³/mol. The average molecular weight is 624 g/mol. The smallest absolute Gasteiger partial charge is 0.139 e. The molecule has 1 unspecified atom stereocenters. The van der Waals surface area contributed by atoms with Crippen molar-refractivity contribution in [2.45, 2.75) is 52.4 Å². The van der Waals surface area contributed by atoms with E-state index >= 15 is 0 Å². The van der Waals surface area contributed by atoms with Crippen LogP contribution in [0.2, 0.25) is 0 Å². The molecule has 236 valence electrons. The van der Waals surface area contributed by atoms with Crippen molar-refractivity contribution in [3.8, 4) is 0 Å². The van der Waals surface area contributed by atoms with Gasteiger partial charge in [-0.05, 0) is 98.4 Å². The molecule has 8 rings (SSSR count). The highest BCUT2D eigenvalue weighted by Crippen LogP contribution is 2.34. The zero-order valence-electron chi connectivity index (χ0n) is 28.0. The van der Waals surface area contributed by atoms with Gasteiger partial charge < -0.3 is 4.42 Å². The van der Waals surface area contributed by atoms with Gasteiger partial charge >= 0.3 is 0 Å². The summed E-state index contributed by atoms with van der Waals surface area (Å²) in [5, 5.41) is 8.43. The molecular formula is C46H41NO. The number of allylic oxidation sites excluding steroid dienone is 6. The van der Waals surface area contributed by atoms with Crippen molar-refractivity contribution in [3.05, 3.63) is 153 Å². The molecule has 0 saturated heterocycles. The molecule has 1 aromatic heterocycles. The van der Waals surface area contributed by atoms with Crippen LogP contribution in [0.4, 0.5) is 0 Å². The summed E-state index contributed by atoms with van der Waals surface area (Å²) in [6.45, 7) is 13.9. The first-order valence-electron chi connectivity index (χ1n) is 17.5. The lowest BCUT2D eigenvalue weighted by Gasteiger charge is -2.22. The molecule has 0 fully saturated rings. The minimum absolute atomic E-state index is 0.308. The van der Waals surface area contributed by atoms with Crippen LogP contribution in [0.1, 0.15) is 57.1 Å². The largest absolute Gasteiger partial charge is 0.456 e. The number of rotatable bonds is 8. The molecule has 4 aromatic carbocycles. The molecule has 0 N–H and O–H groups in total. The van der Waals surface area contributed by atoms with Gasteiger partial charge in [-0.3, -0.25) is 4.99 Å². The van der Waals surface area contributed by atoms with E-state index in [9.17, 15) is 0 Å². The Morgan fingerprint density at radius 3 is 2.46 bits per heavy atom. The molecule has 3 aliphatic rings. The molecule has 48 heavy (non-hydrogen) atoms. The van der Waals surface area contributed by atoms with Gasteiger partial charge in [0.05, 0.1) is 5.70 Å². The van der Waals surface area contributed by atoms with Crippen LogP contribution >= 0.6 is 0 Å². The summed E-state index contributed by atoms with van der Waals surface area (Å²) < 4.78 is 6.58. The van der Waals surface area contributed by atoms with Crippen molar-refractivity contribution in [2.24, 2.45) is 10.9 Å². The zero-order valence-corrected chi connectivity index (χ0v) is 28.0. The third kappa shape index (κ3) is 4.99. The molecule has 0 amide bonds. The van der Waals surface area contributed by atoms with Gasteiger partial charge in [-0.1, -0.05) is 131 Å². The summed E-state index contributed by atoms with van der Waals surface area (Å²) in [5.74, 6) is 0.308. The molecule has 2 heteroatoms. The summed E-state index contributed by atoms with van der Waals surface area (Å²) in [6, 6.07) is 25.9. The SMILES string of the molecule is C=C(/C=c1\c(=C)c2c3c(oc4cccc1c43)=C1C=CC=CC1C2)C1=c2ccccc2=C(C(CCC)=N/C(=C/CC)c2ccccc2)CC1. The molecule has 0 aliphatic heterocycles. The van der Waals surface area contributed by atoms with E-state index in [0.29, 0.717) is 5.92 Å². The second-order valence-corrected chi connectivity index (χ2v) is 13.2. The Labute approximate surface area is 282 Å². The highest BCUT2D eigenvalue weighted by molar-refractivity contribution is 6.20. The van der Waals surface area contributed by atoms with Crippen LogP contribution in [0.5, 0.6) is 0 Å². The Bertz CT molecular complexity index is 2550. The normalized spacial score (nSPS) is 17.8. The van der Waals surface area contributed by atoms with E-state index in [1.807, 2.05) is 0 Å². The van der Waals surface area contributed by atoms with E-state index < -0.39 is 0 Å². The first kappa shape index (κ1) is 30.1. The minimum Gasteiger partial charge on any atom is -0.456 e. The van der Waals surface area contributed by atoms with E-state index in [0.717, 1.165) is 71.2 Å². The van der Waals surface area contributed by atoms with Gasteiger partial charge in [0.25, 0.3) is 0 Å². The quantitative estimate of drug-likeness (QED) is 0.161. The van der Waals surface area contributed by atoms with E-state index in [1.165, 1.54) is 60.2 Å². The molecule has 1 atom stereocenters. The molecule has 0 radical (unpaired) electrons. The number of benzene rings is 4. The van der Waals surface area contributed by atoms with Crippen LogP contribution in [-0.4, -0.2) is 5.71 Å². The van der Waals surface area contributed by atoms with Crippen LogP contribution in [0.15, 0.2) is 125 Å². The summed E-state index contributed by atoms with van der Waals surface area (Å²) in [7, 11) is 0. The van der Waals surface area contributed by atoms with Crippen LogP contribution < -0.4 is 26.3 Å². The van der Waals surface area contributed by atoms with Crippen LogP contribution in [-0.2, 0) is 6.42 Å². The van der Waals surface area contributed by atoms with Crippen molar-refractivity contribution in [3.63, 3.8) is 0 Å². The standard InChI is InChI=1S/C46H41NO/c1-5-15-41(31-17-8-7-9-18-31)47-42(16-6-2)37-26-25-33(35-21-12-13-22-36(35)37)29(3)27-39-30(4)40-28-32-19-10-11-20-34(32)46-45(40)44-38(39)23-14-24-43(44)48-46/h7-15,17-24,27,32H,3-6,16,25-26,28H2,1-2H3/b39-27+,41-15+,47-42?. The monoisotopic (exact) mass is 623 g/mol. The van der Waals surface area contributed by atoms with Crippen LogP contribution in [0.25, 0.3) is 56.8 Å². The molecule has 0 bridgehead atoms. The maximum atomic E-state index is 6.58. The fraction of sp³-hybridized carbons (Fsp3) is 0.196. The topological polar surface area (TPSA) is 25.5 Å². The highest BCUT2D eigenvalue weighted by atomic mass is 16.3. The van der Waals surface area contributed by atoms with E-state index in [2.05, 4.69) is 123 Å². The van der Waals surface area contributed by atoms with Gasteiger partial charge in [0.1, 0.15) is 11.0 Å². The lowest BCUT2D eigenvalue weighted by Crippen LogP contribution is -2.35. The van der Waals surface area contributed by atoms with Crippen molar-refractivity contribution >= 4 is 62.5 Å². The highest BCUT2D eigenvalue weighted by Gasteiger charge is 2.27. The maximum Gasteiger partial charge on any atom is 0.139 e. The lowest BCUT2D eigenvalue weighted by molar-refractivity contribution is 0.570. The Balaban J connectivity index is 1.32. The van der Waals surface area contributed by atoms with E-state index in [1.54, 1.807) is 0 Å². The predicted octanol–water partition coefficient (Wildman–Crippen LogP) is 7.99. The first-order valence-corrected chi connectivity index (χ1v) is 17.5. The molecule has 3 aliphatic carbocycles. The van der Waals surface area contributed by atoms with Crippen LogP contribution in [0.3, 0.4) is 0 Å². The number of hydrogen-bond donors (Lipinski definition) is 0. The Kier molecular flexibility index (Phi) is 7.81. The third-order valence-corrected chi connectivity index (χ3v) is 10.3. The second-order valence-electron chi connectivity index (χ2n) is 13.2. The van der Waals surface area contributed by atoms with Gasteiger partial charge in [-0.15, -0.1) is 0 Å². The van der Waals surface area contributed by atoms with Gasteiger partial charge in [0.2, 0.25) is 0 Å². The summed E-state index contributed by atoms with van der Waals surface area (Å²) in [5.41, 5.74) is 11.7. The molecule has 0 saturated carbocycles. The number of furan rings is 1. The lowest BCUT2D eigenvalue weighted by atomic mass is 9.81. The van der Waals surface area contributed by atoms with Gasteiger partial charge in [0.15, 0.2) is 0 Å². The molecule has 1 heterocycles. The van der Waals surface area contributed by atoms with Crippen molar-refractivity contribution in [1.29, 1.82) is 0 Å². The van der Waals surface area contributed by atoms with Gasteiger partial charge in [0, 0.05) is 28.0 Å². The molecule has 2 nitrogen and oxygen atoms in total. The third-order valence-electron chi connectivity index (χ3n) is 10.3. The van der Waals surface area contributed by atoms with E-state index in [4.69, 9.17) is 22.6 Å². The molecular weight excluding hydrogens is 583 g/mol. The number of aliphatic imine (C=N–C) groups is 1. The second kappa shape index (κ2) is 12.4. The number of fused-ring (bicyclic) bond motifs is 2. The van der Waals surface area contributed by atoms with Crippen molar-refractivity contribution in [1.82, 2.24) is 0 Å². The Morgan fingerprint density at radius 2 is 1.67 bits per heavy atom. The summed E-state index contributed by atoms with van der Waals surface area (Å²) in [6.07, 6.45) is 19.1. The molecule has 5 aromatic rings. The minimum atomic E-state index is 0.308. The van der Waals surface area contributed by atoms with Crippen molar-refractivity contribution in [2.75, 3.05) is 0 Å². The Hall–Kier alpha value is -5.21. The first-order chi connectivity index (χ1) is 23.6. The summed E-state index contributed by atoms with van der Waals surface area (Å²) in [4.78, 5) is 5.38. The zero-order chi connectivity index (χ0) is 32.8. The van der Waals surface area contributed by atoms with E-state index in [-0.39, 0.29) is 0 Å². The number of hydrogen-bond acceptors (Lipinski definition) is 2. The Morgan fingerprint density at radius 1 is 0.896 bits per heavy atom. The van der Waals surface area contributed by atoms with Gasteiger partial charge in [-0.2, -0.15) is 0 Å². The summed E-state index contributed by atoms with van der Waals surface area (Å²) >= 11 is 0. The number of nitrogens with zero attached hydrogens (tertiary/aromatic N) is 1. The van der Waals surface area contributed by atoms with Crippen molar-refractivity contribution < 1.29 is 4.42 Å². The fourth-order valence-electron chi connectivity index (χ4n) is 8.07.